The first kappa shape index (κ1) is 21.7. The maximum absolute atomic E-state index is 13.1. The fraction of sp³-hybridized carbons (Fsp3) is 0.136. The zero-order chi connectivity index (χ0) is 21.9. The number of methoxy groups -OCH3 is 1. The number of carbonyl (C=O) groups excluding carboxylic acids is 1. The number of nitrogens with one attached hydrogen (secondary N) is 1. The number of rotatable bonds is 6. The molecule has 156 valence electrons. The van der Waals surface area contributed by atoms with Crippen LogP contribution in [0.3, 0.4) is 0 Å². The fourth-order valence-corrected chi connectivity index (χ4v) is 4.22. The molecule has 0 saturated heterocycles. The summed E-state index contributed by atoms with van der Waals surface area (Å²) in [6, 6.07) is 17.7. The second-order valence-electron chi connectivity index (χ2n) is 6.61. The molecule has 30 heavy (non-hydrogen) atoms. The van der Waals surface area contributed by atoms with Gasteiger partial charge < -0.3 is 10.1 Å². The third-order valence-electron chi connectivity index (χ3n) is 4.64. The van der Waals surface area contributed by atoms with Crippen LogP contribution >= 0.6 is 11.6 Å². The van der Waals surface area contributed by atoms with Crippen molar-refractivity contribution in [1.82, 2.24) is 0 Å². The molecule has 0 radical (unpaired) electrons. The fourth-order valence-electron chi connectivity index (χ4n) is 2.81. The van der Waals surface area contributed by atoms with Crippen LogP contribution in [0.4, 0.5) is 11.4 Å². The summed E-state index contributed by atoms with van der Waals surface area (Å²) >= 11 is 6.00. The quantitative estimate of drug-likeness (QED) is 0.596. The third-order valence-corrected chi connectivity index (χ3v) is 6.66. The van der Waals surface area contributed by atoms with E-state index in [0.717, 1.165) is 9.87 Å². The summed E-state index contributed by atoms with van der Waals surface area (Å²) in [6.07, 6.45) is 0. The molecule has 6 nitrogen and oxygen atoms in total. The molecule has 0 atom stereocenters. The van der Waals surface area contributed by atoms with Gasteiger partial charge in [-0.2, -0.15) is 0 Å². The molecule has 8 heteroatoms. The molecule has 0 spiro atoms. The number of amides is 1. The molecule has 0 aliphatic rings. The second kappa shape index (κ2) is 8.77. The van der Waals surface area contributed by atoms with Gasteiger partial charge in [-0.3, -0.25) is 9.10 Å². The molecule has 3 aromatic rings. The summed E-state index contributed by atoms with van der Waals surface area (Å²) < 4.78 is 32.4. The molecule has 0 aliphatic heterocycles. The van der Waals surface area contributed by atoms with Crippen LogP contribution in [0.1, 0.15) is 15.9 Å². The van der Waals surface area contributed by atoms with Gasteiger partial charge in [0.15, 0.2) is 0 Å². The van der Waals surface area contributed by atoms with Crippen LogP contribution in [0.25, 0.3) is 0 Å². The van der Waals surface area contributed by atoms with E-state index in [1.807, 2.05) is 6.92 Å². The van der Waals surface area contributed by atoms with Crippen molar-refractivity contribution in [2.45, 2.75) is 11.8 Å². The highest BCUT2D eigenvalue weighted by Crippen LogP contribution is 2.25. The zero-order valence-electron chi connectivity index (χ0n) is 16.7. The van der Waals surface area contributed by atoms with Gasteiger partial charge in [0, 0.05) is 23.3 Å². The number of carbonyl (C=O) groups is 1. The lowest BCUT2D eigenvalue weighted by molar-refractivity contribution is 0.102. The maximum Gasteiger partial charge on any atom is 0.264 e. The largest absolute Gasteiger partial charge is 0.497 e. The summed E-state index contributed by atoms with van der Waals surface area (Å²) in [5.41, 5.74) is 2.10. The Bertz CT molecular complexity index is 1180. The molecule has 0 fully saturated rings. The van der Waals surface area contributed by atoms with Crippen molar-refractivity contribution in [3.63, 3.8) is 0 Å². The van der Waals surface area contributed by atoms with Crippen LogP contribution in [-0.2, 0) is 10.0 Å². The van der Waals surface area contributed by atoms with Crippen molar-refractivity contribution < 1.29 is 17.9 Å². The smallest absolute Gasteiger partial charge is 0.264 e. The molecule has 0 aliphatic carbocycles. The van der Waals surface area contributed by atoms with Gasteiger partial charge in [0.25, 0.3) is 15.9 Å². The predicted molar refractivity (Wildman–Crippen MR) is 119 cm³/mol. The molecule has 0 saturated carbocycles. The van der Waals surface area contributed by atoms with E-state index in [2.05, 4.69) is 5.32 Å². The zero-order valence-corrected chi connectivity index (χ0v) is 18.3. The van der Waals surface area contributed by atoms with Crippen LogP contribution in [0, 0.1) is 6.92 Å². The first-order valence-electron chi connectivity index (χ1n) is 9.03. The van der Waals surface area contributed by atoms with Gasteiger partial charge in [0.05, 0.1) is 17.7 Å². The minimum atomic E-state index is -3.86. The lowest BCUT2D eigenvalue weighted by Crippen LogP contribution is -2.26. The van der Waals surface area contributed by atoms with Crippen LogP contribution in [-0.4, -0.2) is 28.5 Å². The Balaban J connectivity index is 1.87. The summed E-state index contributed by atoms with van der Waals surface area (Å²) in [5.74, 6) is 0.198. The molecule has 1 amide bonds. The van der Waals surface area contributed by atoms with Gasteiger partial charge >= 0.3 is 0 Å². The van der Waals surface area contributed by atoms with E-state index in [1.165, 1.54) is 32.4 Å². The monoisotopic (exact) mass is 444 g/mol. The summed E-state index contributed by atoms with van der Waals surface area (Å²) in [6.45, 7) is 1.84. The third kappa shape index (κ3) is 4.58. The van der Waals surface area contributed by atoms with Crippen LogP contribution in [0.15, 0.2) is 71.6 Å². The molecular formula is C22H21ClN2O4S. The molecule has 3 aromatic carbocycles. The average Bonchev–Trinajstić information content (AvgIpc) is 2.75. The maximum atomic E-state index is 13.1. The normalized spacial score (nSPS) is 11.1. The SMILES string of the molecule is COc1ccc(N(C)S(=O)(=O)c2cccc(C(=O)Nc3cc(Cl)ccc3C)c2)cc1. The van der Waals surface area contributed by atoms with Gasteiger partial charge in [-0.15, -0.1) is 0 Å². The summed E-state index contributed by atoms with van der Waals surface area (Å²) in [4.78, 5) is 12.7. The minimum Gasteiger partial charge on any atom is -0.497 e. The number of halogens is 1. The highest BCUT2D eigenvalue weighted by Gasteiger charge is 2.22. The minimum absolute atomic E-state index is 0.0104. The van der Waals surface area contributed by atoms with E-state index in [1.54, 1.807) is 48.5 Å². The summed E-state index contributed by atoms with van der Waals surface area (Å²) in [5, 5.41) is 3.27. The molecule has 0 unspecified atom stereocenters. The number of anilines is 2. The number of benzene rings is 3. The number of nitrogens with zero attached hydrogens (tertiary/aromatic N) is 1. The standard InChI is InChI=1S/C22H21ClN2O4S/c1-15-7-8-17(23)14-21(15)24-22(26)16-5-4-6-20(13-16)30(27,28)25(2)18-9-11-19(29-3)12-10-18/h4-14H,1-3H3,(H,24,26). The van der Waals surface area contributed by atoms with Gasteiger partial charge in [-0.05, 0) is 67.1 Å². The van der Waals surface area contributed by atoms with E-state index in [4.69, 9.17) is 16.3 Å². The van der Waals surface area contributed by atoms with E-state index in [9.17, 15) is 13.2 Å². The first-order valence-corrected chi connectivity index (χ1v) is 10.8. The lowest BCUT2D eigenvalue weighted by atomic mass is 10.1. The molecule has 1 N–H and O–H groups in total. The Morgan fingerprint density at radius 1 is 1.03 bits per heavy atom. The van der Waals surface area contributed by atoms with Crippen molar-refractivity contribution in [3.8, 4) is 5.75 Å². The number of aryl methyl sites for hydroxylation is 1. The Kier molecular flexibility index (Phi) is 6.34. The van der Waals surface area contributed by atoms with E-state index in [-0.39, 0.29) is 10.5 Å². The van der Waals surface area contributed by atoms with Gasteiger partial charge in [-0.25, -0.2) is 8.42 Å². The molecular weight excluding hydrogens is 424 g/mol. The van der Waals surface area contributed by atoms with E-state index in [0.29, 0.717) is 22.1 Å². The molecule has 3 rings (SSSR count). The highest BCUT2D eigenvalue weighted by atomic mass is 35.5. The van der Waals surface area contributed by atoms with Crippen molar-refractivity contribution in [3.05, 3.63) is 82.9 Å². The Labute approximate surface area is 181 Å². The van der Waals surface area contributed by atoms with Gasteiger partial charge in [0.2, 0.25) is 0 Å². The van der Waals surface area contributed by atoms with Crippen molar-refractivity contribution in [2.75, 3.05) is 23.8 Å². The Morgan fingerprint density at radius 2 is 1.73 bits per heavy atom. The molecule has 0 heterocycles. The highest BCUT2D eigenvalue weighted by molar-refractivity contribution is 7.92. The molecule has 0 bridgehead atoms. The van der Waals surface area contributed by atoms with Crippen LogP contribution < -0.4 is 14.4 Å². The number of sulfonamides is 1. The summed E-state index contributed by atoms with van der Waals surface area (Å²) in [7, 11) is -0.868. The van der Waals surface area contributed by atoms with E-state index >= 15 is 0 Å². The number of hydrogen-bond donors (Lipinski definition) is 1. The van der Waals surface area contributed by atoms with Crippen LogP contribution in [0.5, 0.6) is 5.75 Å². The van der Waals surface area contributed by atoms with Gasteiger partial charge in [-0.1, -0.05) is 23.7 Å². The lowest BCUT2D eigenvalue weighted by Gasteiger charge is -2.20. The Hall–Kier alpha value is -3.03. The first-order chi connectivity index (χ1) is 14.2. The van der Waals surface area contributed by atoms with Crippen molar-refractivity contribution >= 4 is 38.9 Å². The number of ether oxygens (including phenoxy) is 1. The van der Waals surface area contributed by atoms with E-state index < -0.39 is 15.9 Å². The topological polar surface area (TPSA) is 75.7 Å². The van der Waals surface area contributed by atoms with Crippen molar-refractivity contribution in [1.29, 1.82) is 0 Å². The average molecular weight is 445 g/mol. The second-order valence-corrected chi connectivity index (χ2v) is 9.02. The Morgan fingerprint density at radius 3 is 2.40 bits per heavy atom. The van der Waals surface area contributed by atoms with Gasteiger partial charge in [0.1, 0.15) is 5.75 Å². The van der Waals surface area contributed by atoms with Crippen LogP contribution in [0.2, 0.25) is 5.02 Å². The molecule has 0 aromatic heterocycles. The van der Waals surface area contributed by atoms with Crippen molar-refractivity contribution in [2.24, 2.45) is 0 Å². The predicted octanol–water partition coefficient (Wildman–Crippen LogP) is 4.73. The number of hydrogen-bond acceptors (Lipinski definition) is 4.